The molecule has 1 aliphatic carbocycles. The summed E-state index contributed by atoms with van der Waals surface area (Å²) in [5, 5.41) is 21.8. The Labute approximate surface area is 135 Å². The van der Waals surface area contributed by atoms with Crippen LogP contribution < -0.4 is 5.32 Å². The first kappa shape index (κ1) is 15.3. The Kier molecular flexibility index (Phi) is 4.19. The average molecular weight is 312 g/mol. The fourth-order valence-electron chi connectivity index (χ4n) is 2.90. The second kappa shape index (κ2) is 6.28. The molecule has 0 spiro atoms. The number of phenols is 2. The highest BCUT2D eigenvalue weighted by molar-refractivity contribution is 5.83. The van der Waals surface area contributed by atoms with Crippen LogP contribution in [0.25, 0.3) is 0 Å². The van der Waals surface area contributed by atoms with Gasteiger partial charge in [0.25, 0.3) is 0 Å². The molecule has 0 radical (unpaired) electrons. The molecule has 3 N–H and O–H groups in total. The molecule has 1 aliphatic rings. The van der Waals surface area contributed by atoms with Gasteiger partial charge in [0.05, 0.1) is 0 Å². The summed E-state index contributed by atoms with van der Waals surface area (Å²) in [6, 6.07) is 8.58. The summed E-state index contributed by atoms with van der Waals surface area (Å²) >= 11 is 0. The van der Waals surface area contributed by atoms with Gasteiger partial charge in [-0.1, -0.05) is 12.1 Å². The number of phenolic OH excluding ortho intramolecular Hbond substituents is 2. The van der Waals surface area contributed by atoms with E-state index in [0.717, 1.165) is 17.5 Å². The second-order valence-electron chi connectivity index (χ2n) is 6.17. The highest BCUT2D eigenvalue weighted by Crippen LogP contribution is 2.47. The quantitative estimate of drug-likeness (QED) is 0.740. The van der Waals surface area contributed by atoms with Crippen molar-refractivity contribution in [3.63, 3.8) is 0 Å². The van der Waals surface area contributed by atoms with Crippen molar-refractivity contribution in [2.75, 3.05) is 0 Å². The van der Waals surface area contributed by atoms with Crippen LogP contribution in [-0.4, -0.2) is 27.1 Å². The Balaban J connectivity index is 1.53. The lowest BCUT2D eigenvalue weighted by Crippen LogP contribution is -2.35. The van der Waals surface area contributed by atoms with Crippen LogP contribution in [0.1, 0.15) is 30.4 Å². The molecule has 1 saturated carbocycles. The van der Waals surface area contributed by atoms with Crippen LogP contribution in [0.3, 0.4) is 0 Å². The molecule has 3 rings (SSSR count). The van der Waals surface area contributed by atoms with E-state index in [9.17, 15) is 15.0 Å². The highest BCUT2D eigenvalue weighted by atomic mass is 16.3. The first-order valence-electron chi connectivity index (χ1n) is 7.75. The van der Waals surface area contributed by atoms with Crippen molar-refractivity contribution < 1.29 is 15.0 Å². The number of carbonyl (C=O) groups is 1. The molecule has 1 aromatic carbocycles. The maximum absolute atomic E-state index is 12.3. The molecule has 5 heteroatoms. The lowest BCUT2D eigenvalue weighted by molar-refractivity contribution is -0.123. The van der Waals surface area contributed by atoms with Crippen molar-refractivity contribution in [1.82, 2.24) is 10.3 Å². The number of benzene rings is 1. The summed E-state index contributed by atoms with van der Waals surface area (Å²) in [5.74, 6) is 0.0837. The monoisotopic (exact) mass is 312 g/mol. The summed E-state index contributed by atoms with van der Waals surface area (Å²) in [4.78, 5) is 16.4. The lowest BCUT2D eigenvalue weighted by Gasteiger charge is -2.14. The summed E-state index contributed by atoms with van der Waals surface area (Å²) in [7, 11) is 0. The Hall–Kier alpha value is -2.56. The number of hydrogen-bond acceptors (Lipinski definition) is 4. The van der Waals surface area contributed by atoms with E-state index < -0.39 is 0 Å². The minimum Gasteiger partial charge on any atom is -0.504 e. The van der Waals surface area contributed by atoms with E-state index in [0.29, 0.717) is 6.42 Å². The van der Waals surface area contributed by atoms with E-state index in [1.54, 1.807) is 12.3 Å². The average Bonchev–Trinajstić information content (AvgIpc) is 3.32. The topological polar surface area (TPSA) is 82.5 Å². The Morgan fingerprint density at radius 3 is 2.87 bits per heavy atom. The third kappa shape index (κ3) is 3.62. The van der Waals surface area contributed by atoms with Gasteiger partial charge in [-0.15, -0.1) is 0 Å². The smallest absolute Gasteiger partial charge is 0.223 e. The standard InChI is InChI=1S/C18H20N2O3/c1-11(7-12-4-5-16(21)17(22)8-12)20-18(23)15-9-14(15)13-3-2-6-19-10-13/h2-6,8,10-11,14-15,21-22H,7,9H2,1H3,(H,20,23)/t11-,14-,15-/m1/s1. The number of aromatic hydroxyl groups is 2. The van der Waals surface area contributed by atoms with Gasteiger partial charge in [-0.2, -0.15) is 0 Å². The van der Waals surface area contributed by atoms with E-state index in [1.807, 2.05) is 25.3 Å². The molecule has 1 heterocycles. The summed E-state index contributed by atoms with van der Waals surface area (Å²) in [6.07, 6.45) is 5.02. The molecule has 3 atom stereocenters. The second-order valence-corrected chi connectivity index (χ2v) is 6.17. The number of rotatable bonds is 5. The predicted molar refractivity (Wildman–Crippen MR) is 86.2 cm³/mol. The zero-order valence-electron chi connectivity index (χ0n) is 12.9. The molecule has 1 aromatic heterocycles. The van der Waals surface area contributed by atoms with Gasteiger partial charge in [-0.3, -0.25) is 9.78 Å². The first-order chi connectivity index (χ1) is 11.0. The van der Waals surface area contributed by atoms with E-state index in [2.05, 4.69) is 10.3 Å². The molecule has 5 nitrogen and oxygen atoms in total. The van der Waals surface area contributed by atoms with Crippen molar-refractivity contribution in [1.29, 1.82) is 0 Å². The molecule has 23 heavy (non-hydrogen) atoms. The molecular formula is C18H20N2O3. The van der Waals surface area contributed by atoms with Crippen LogP contribution in [0, 0.1) is 5.92 Å². The number of nitrogens with zero attached hydrogens (tertiary/aromatic N) is 1. The maximum Gasteiger partial charge on any atom is 0.223 e. The van der Waals surface area contributed by atoms with Crippen LogP contribution in [0.5, 0.6) is 11.5 Å². The van der Waals surface area contributed by atoms with Gasteiger partial charge < -0.3 is 15.5 Å². The van der Waals surface area contributed by atoms with Crippen molar-refractivity contribution in [3.8, 4) is 11.5 Å². The van der Waals surface area contributed by atoms with E-state index in [-0.39, 0.29) is 35.3 Å². The molecule has 1 fully saturated rings. The van der Waals surface area contributed by atoms with Gasteiger partial charge in [0, 0.05) is 24.4 Å². The zero-order valence-corrected chi connectivity index (χ0v) is 12.9. The van der Waals surface area contributed by atoms with E-state index >= 15 is 0 Å². The molecule has 120 valence electrons. The SMILES string of the molecule is C[C@H](Cc1ccc(O)c(O)c1)NC(=O)[C@@H]1C[C@@H]1c1cccnc1. The number of aromatic nitrogens is 1. The van der Waals surface area contributed by atoms with Gasteiger partial charge in [0.15, 0.2) is 11.5 Å². The van der Waals surface area contributed by atoms with Crippen LogP contribution in [0.2, 0.25) is 0 Å². The lowest BCUT2D eigenvalue weighted by atomic mass is 10.1. The summed E-state index contributed by atoms with van der Waals surface area (Å²) in [5.41, 5.74) is 1.98. The van der Waals surface area contributed by atoms with Crippen LogP contribution in [0.4, 0.5) is 0 Å². The fourth-order valence-corrected chi connectivity index (χ4v) is 2.90. The number of pyridine rings is 1. The normalized spacial score (nSPS) is 20.7. The largest absolute Gasteiger partial charge is 0.504 e. The van der Waals surface area contributed by atoms with Crippen molar-refractivity contribution >= 4 is 5.91 Å². The molecule has 0 bridgehead atoms. The number of carbonyl (C=O) groups excluding carboxylic acids is 1. The molecule has 0 unspecified atom stereocenters. The molecular weight excluding hydrogens is 292 g/mol. The third-order valence-corrected chi connectivity index (χ3v) is 4.21. The Morgan fingerprint density at radius 2 is 2.17 bits per heavy atom. The molecule has 2 aromatic rings. The molecule has 0 saturated heterocycles. The van der Waals surface area contributed by atoms with Crippen molar-refractivity contribution in [3.05, 3.63) is 53.9 Å². The predicted octanol–water partition coefficient (Wildman–Crippen LogP) is 2.34. The summed E-state index contributed by atoms with van der Waals surface area (Å²) < 4.78 is 0. The number of nitrogens with one attached hydrogen (secondary N) is 1. The number of hydrogen-bond donors (Lipinski definition) is 3. The van der Waals surface area contributed by atoms with Gasteiger partial charge in [0.2, 0.25) is 5.91 Å². The minimum atomic E-state index is -0.139. The molecule has 0 aliphatic heterocycles. The number of amides is 1. The van der Waals surface area contributed by atoms with Crippen LogP contribution in [0.15, 0.2) is 42.7 Å². The van der Waals surface area contributed by atoms with Crippen LogP contribution in [-0.2, 0) is 11.2 Å². The molecule has 1 amide bonds. The van der Waals surface area contributed by atoms with E-state index in [1.165, 1.54) is 12.1 Å². The van der Waals surface area contributed by atoms with Gasteiger partial charge in [-0.05, 0) is 55.0 Å². The maximum atomic E-state index is 12.3. The van der Waals surface area contributed by atoms with Gasteiger partial charge in [0.1, 0.15) is 0 Å². The van der Waals surface area contributed by atoms with Crippen molar-refractivity contribution in [2.45, 2.75) is 31.7 Å². The van der Waals surface area contributed by atoms with Gasteiger partial charge in [-0.25, -0.2) is 0 Å². The third-order valence-electron chi connectivity index (χ3n) is 4.21. The minimum absolute atomic E-state index is 0.0230. The van der Waals surface area contributed by atoms with E-state index in [4.69, 9.17) is 0 Å². The van der Waals surface area contributed by atoms with Crippen molar-refractivity contribution in [2.24, 2.45) is 5.92 Å². The summed E-state index contributed by atoms with van der Waals surface area (Å²) in [6.45, 7) is 1.93. The van der Waals surface area contributed by atoms with Gasteiger partial charge >= 0.3 is 0 Å². The Morgan fingerprint density at radius 1 is 1.35 bits per heavy atom. The fraction of sp³-hybridized carbons (Fsp3) is 0.333. The van der Waals surface area contributed by atoms with Crippen LogP contribution >= 0.6 is 0 Å². The Bertz CT molecular complexity index is 703. The highest BCUT2D eigenvalue weighted by Gasteiger charge is 2.44. The first-order valence-corrected chi connectivity index (χ1v) is 7.75. The zero-order chi connectivity index (χ0) is 16.4.